The Bertz CT molecular complexity index is 149. The molecule has 1 radical (unpaired) electrons. The molecule has 1 N–H and O–H groups in total. The van der Waals surface area contributed by atoms with Gasteiger partial charge in [0.15, 0.2) is 0 Å². The quantitative estimate of drug-likeness (QED) is 0.446. The van der Waals surface area contributed by atoms with Gasteiger partial charge in [-0.25, -0.2) is 0 Å². The molecule has 0 saturated carbocycles. The molecule has 0 bridgehead atoms. The fourth-order valence-electron chi connectivity index (χ4n) is 1.21. The molecular formula is C8H14NaO2S2. The van der Waals surface area contributed by atoms with Crippen molar-refractivity contribution in [2.24, 2.45) is 0 Å². The van der Waals surface area contributed by atoms with Gasteiger partial charge < -0.3 is 5.11 Å². The van der Waals surface area contributed by atoms with E-state index < -0.39 is 5.97 Å². The second-order valence-electron chi connectivity index (χ2n) is 2.97. The summed E-state index contributed by atoms with van der Waals surface area (Å²) in [7, 11) is 3.92. The van der Waals surface area contributed by atoms with Crippen LogP contribution in [0.4, 0.5) is 0 Å². The van der Waals surface area contributed by atoms with Crippen molar-refractivity contribution >= 4 is 57.1 Å². The summed E-state index contributed by atoms with van der Waals surface area (Å²) in [4.78, 5) is 10.2. The fraction of sp³-hybridized carbons (Fsp3) is 0.875. The number of carbonyl (C=O) groups is 1. The molecule has 0 aromatic carbocycles. The number of rotatable bonds is 5. The molecule has 0 spiro atoms. The zero-order valence-electron chi connectivity index (χ0n) is 7.99. The van der Waals surface area contributed by atoms with Crippen LogP contribution in [-0.2, 0) is 4.79 Å². The van der Waals surface area contributed by atoms with Crippen LogP contribution in [-0.4, -0.2) is 51.6 Å². The van der Waals surface area contributed by atoms with E-state index in [-0.39, 0.29) is 29.6 Å². The zero-order valence-corrected chi connectivity index (χ0v) is 11.6. The van der Waals surface area contributed by atoms with Crippen LogP contribution in [0.15, 0.2) is 0 Å². The maximum Gasteiger partial charge on any atom is 0.303 e. The first-order valence-corrected chi connectivity index (χ1v) is 6.67. The molecule has 1 fully saturated rings. The Kier molecular flexibility index (Phi) is 9.24. The van der Waals surface area contributed by atoms with Gasteiger partial charge in [0.1, 0.15) is 0 Å². The molecule has 0 aromatic heterocycles. The number of carboxylic acid groups (broad SMARTS) is 1. The third-order valence-corrected chi connectivity index (χ3v) is 4.90. The Hall–Kier alpha value is 1.17. The van der Waals surface area contributed by atoms with Gasteiger partial charge in [-0.05, 0) is 19.3 Å². The van der Waals surface area contributed by atoms with E-state index in [1.807, 2.05) is 21.6 Å². The minimum absolute atomic E-state index is 0. The summed E-state index contributed by atoms with van der Waals surface area (Å²) in [6.45, 7) is 0. The monoisotopic (exact) mass is 229 g/mol. The smallest absolute Gasteiger partial charge is 0.303 e. The molecule has 1 aliphatic heterocycles. The van der Waals surface area contributed by atoms with Crippen molar-refractivity contribution in [2.75, 3.05) is 5.75 Å². The van der Waals surface area contributed by atoms with E-state index in [0.29, 0.717) is 6.42 Å². The van der Waals surface area contributed by atoms with Crippen molar-refractivity contribution in [3.63, 3.8) is 0 Å². The molecular weight excluding hydrogens is 215 g/mol. The summed E-state index contributed by atoms with van der Waals surface area (Å²) in [5, 5.41) is 9.19. The largest absolute Gasteiger partial charge is 0.481 e. The SMILES string of the molecule is O=C(O)CCCC[C@@H]1CCSS1.[Na]. The average Bonchev–Trinajstić information content (AvgIpc) is 2.49. The molecule has 1 heterocycles. The second kappa shape index (κ2) is 8.48. The van der Waals surface area contributed by atoms with Gasteiger partial charge in [0.05, 0.1) is 0 Å². The minimum atomic E-state index is -0.663. The Labute approximate surface area is 109 Å². The Balaban J connectivity index is 0.00000144. The van der Waals surface area contributed by atoms with E-state index in [0.717, 1.165) is 18.1 Å². The number of hydrogen-bond donors (Lipinski definition) is 1. The third-order valence-electron chi connectivity index (χ3n) is 1.89. The number of hydrogen-bond acceptors (Lipinski definition) is 3. The first kappa shape index (κ1) is 14.2. The van der Waals surface area contributed by atoms with E-state index in [4.69, 9.17) is 5.11 Å². The maximum atomic E-state index is 10.2. The van der Waals surface area contributed by atoms with Crippen LogP contribution in [0.3, 0.4) is 0 Å². The van der Waals surface area contributed by atoms with Crippen molar-refractivity contribution in [1.82, 2.24) is 0 Å². The van der Waals surface area contributed by atoms with Gasteiger partial charge in [-0.1, -0.05) is 28.0 Å². The van der Waals surface area contributed by atoms with Gasteiger partial charge >= 0.3 is 5.97 Å². The van der Waals surface area contributed by atoms with E-state index in [1.165, 1.54) is 18.6 Å². The Morgan fingerprint density at radius 3 is 2.77 bits per heavy atom. The molecule has 0 amide bonds. The summed E-state index contributed by atoms with van der Waals surface area (Å²) in [5.41, 5.74) is 0. The van der Waals surface area contributed by atoms with Crippen molar-refractivity contribution in [2.45, 2.75) is 37.4 Å². The second-order valence-corrected chi connectivity index (χ2v) is 5.76. The first-order chi connectivity index (χ1) is 5.79. The molecule has 1 atom stereocenters. The fourth-order valence-corrected chi connectivity index (χ4v) is 4.24. The summed E-state index contributed by atoms with van der Waals surface area (Å²) >= 11 is 0. The summed E-state index contributed by atoms with van der Waals surface area (Å²) in [6, 6.07) is 0. The normalized spacial score (nSPS) is 21.1. The molecule has 0 aliphatic carbocycles. The molecule has 1 aliphatic rings. The number of carboxylic acids is 1. The van der Waals surface area contributed by atoms with Gasteiger partial charge in [-0.15, -0.1) is 0 Å². The molecule has 0 unspecified atom stereocenters. The van der Waals surface area contributed by atoms with Crippen LogP contribution in [0.25, 0.3) is 0 Å². The van der Waals surface area contributed by atoms with Crippen LogP contribution < -0.4 is 0 Å². The molecule has 5 heteroatoms. The standard InChI is InChI=1S/C8H14O2S2.Na/c9-8(10)4-2-1-3-7-5-6-11-12-7;/h7H,1-6H2,(H,9,10);/t7-;/m1./s1. The van der Waals surface area contributed by atoms with E-state index in [1.54, 1.807) is 0 Å². The van der Waals surface area contributed by atoms with Crippen LogP contribution in [0, 0.1) is 0 Å². The van der Waals surface area contributed by atoms with Gasteiger partial charge in [0.2, 0.25) is 0 Å². The van der Waals surface area contributed by atoms with Crippen LogP contribution in [0.2, 0.25) is 0 Å². The van der Waals surface area contributed by atoms with Crippen LogP contribution in [0.5, 0.6) is 0 Å². The first-order valence-electron chi connectivity index (χ1n) is 4.29. The third kappa shape index (κ3) is 7.14. The molecule has 13 heavy (non-hydrogen) atoms. The average molecular weight is 229 g/mol. The Morgan fingerprint density at radius 2 is 2.23 bits per heavy atom. The van der Waals surface area contributed by atoms with Crippen molar-refractivity contribution in [1.29, 1.82) is 0 Å². The molecule has 2 nitrogen and oxygen atoms in total. The van der Waals surface area contributed by atoms with Crippen LogP contribution in [0.1, 0.15) is 32.1 Å². The summed E-state index contributed by atoms with van der Waals surface area (Å²) < 4.78 is 0. The summed E-state index contributed by atoms with van der Waals surface area (Å²) in [5.74, 6) is 0.609. The van der Waals surface area contributed by atoms with Gasteiger partial charge in [-0.2, -0.15) is 0 Å². The van der Waals surface area contributed by atoms with E-state index in [2.05, 4.69) is 0 Å². The predicted octanol–water partition coefficient (Wildman–Crippen LogP) is 2.40. The van der Waals surface area contributed by atoms with Gasteiger partial charge in [-0.3, -0.25) is 4.79 Å². The van der Waals surface area contributed by atoms with Crippen molar-refractivity contribution in [3.05, 3.63) is 0 Å². The van der Waals surface area contributed by atoms with Crippen molar-refractivity contribution in [3.8, 4) is 0 Å². The predicted molar refractivity (Wildman–Crippen MR) is 60.3 cm³/mol. The molecule has 71 valence electrons. The van der Waals surface area contributed by atoms with Gasteiger partial charge in [0, 0.05) is 47.0 Å². The molecule has 1 rings (SSSR count). The number of unbranched alkanes of at least 4 members (excludes halogenated alkanes) is 1. The Morgan fingerprint density at radius 1 is 1.46 bits per heavy atom. The van der Waals surface area contributed by atoms with Gasteiger partial charge in [0.25, 0.3) is 0 Å². The summed E-state index contributed by atoms with van der Waals surface area (Å²) in [6.07, 6.45) is 4.76. The molecule has 0 aromatic rings. The zero-order chi connectivity index (χ0) is 8.81. The van der Waals surface area contributed by atoms with Crippen molar-refractivity contribution < 1.29 is 9.90 Å². The molecule has 1 saturated heterocycles. The van der Waals surface area contributed by atoms with E-state index >= 15 is 0 Å². The van der Waals surface area contributed by atoms with Crippen LogP contribution >= 0.6 is 21.6 Å². The minimum Gasteiger partial charge on any atom is -0.481 e. The van der Waals surface area contributed by atoms with E-state index in [9.17, 15) is 4.79 Å². The number of aliphatic carboxylic acids is 1. The maximum absolute atomic E-state index is 10.2. The topological polar surface area (TPSA) is 37.3 Å².